The summed E-state index contributed by atoms with van der Waals surface area (Å²) in [6.07, 6.45) is 1.56. The molecular weight excluding hydrogens is 781 g/mol. The number of hydrogen-bond acceptors (Lipinski definition) is 11. The fourth-order valence-corrected chi connectivity index (χ4v) is 9.55. The zero-order valence-electron chi connectivity index (χ0n) is 37.7. The third-order valence-electron chi connectivity index (χ3n) is 12.7. The van der Waals surface area contributed by atoms with Crippen molar-refractivity contribution in [2.45, 2.75) is 154 Å². The van der Waals surface area contributed by atoms with Gasteiger partial charge in [0.25, 0.3) is 5.56 Å². The maximum atomic E-state index is 14.5. The molecular formula is C39H68N6O9Si3. The predicted molar refractivity (Wildman–Crippen MR) is 230 cm³/mol. The number of amides is 1. The lowest BCUT2D eigenvalue weighted by atomic mass is 10.1. The van der Waals surface area contributed by atoms with Crippen molar-refractivity contribution in [2.24, 2.45) is 7.05 Å². The van der Waals surface area contributed by atoms with Crippen LogP contribution in [0.4, 0.5) is 4.79 Å². The molecule has 1 saturated heterocycles. The summed E-state index contributed by atoms with van der Waals surface area (Å²) in [6, 6.07) is -1.17. The monoisotopic (exact) mass is 848 g/mol. The van der Waals surface area contributed by atoms with Gasteiger partial charge in [-0.2, -0.15) is 0 Å². The van der Waals surface area contributed by atoms with Gasteiger partial charge in [0.15, 0.2) is 42.3 Å². The maximum absolute atomic E-state index is 14.5. The van der Waals surface area contributed by atoms with Gasteiger partial charge in [0, 0.05) is 7.05 Å². The van der Waals surface area contributed by atoms with E-state index in [2.05, 4.69) is 112 Å². The van der Waals surface area contributed by atoms with E-state index in [-0.39, 0.29) is 20.6 Å². The highest BCUT2D eigenvalue weighted by Gasteiger charge is 2.55. The normalized spacial score (nSPS) is 20.8. The SMILES string of the molecule is COC(=O)N[C@@H](/C=C/c1c(C)nc2n(C)c3c(ncn3[C@@H]3O[C@H](CO[Si](C)(C)C(C)(C)C)[C@@H](O[Si](C)(C)C(C)(C)C)[C@H]3O[Si](C)(C)C(C)(C)C)c(=O)n12)C(=O)OC. The molecule has 1 fully saturated rings. The van der Waals surface area contributed by atoms with Crippen LogP contribution in [0.3, 0.4) is 0 Å². The van der Waals surface area contributed by atoms with Gasteiger partial charge in [-0.3, -0.25) is 13.9 Å². The van der Waals surface area contributed by atoms with Crippen LogP contribution in [0.25, 0.3) is 23.0 Å². The summed E-state index contributed by atoms with van der Waals surface area (Å²) >= 11 is 0. The Bertz CT molecular complexity index is 2050. The molecule has 0 aromatic carbocycles. The van der Waals surface area contributed by atoms with Crippen LogP contribution in [-0.4, -0.2) is 106 Å². The number of rotatable bonds is 12. The lowest BCUT2D eigenvalue weighted by Gasteiger charge is -2.44. The Hall–Kier alpha value is -3.14. The van der Waals surface area contributed by atoms with Gasteiger partial charge in [-0.25, -0.2) is 24.0 Å². The molecule has 0 saturated carbocycles. The number of nitrogens with zero attached hydrogens (tertiary/aromatic N) is 5. The standard InChI is InChI=1S/C39H68N6O9Si3/c1-24-26(21-20-25(34(47)49-12)42-36(48)50-13)45-32(46)28-31(43(11)35(45)41-24)44(23-40-28)33-30(54-57(18,19)39(8,9)10)29(53-56(16,17)38(5,6)7)27(52-33)22-51-55(14,15)37(2,3)4/h20-21,23,25,27,29-30,33H,22H2,1-19H3,(H,42,48)/b21-20+/t25-,27+,29+,30+,33+/m0/s1. The van der Waals surface area contributed by atoms with Crippen LogP contribution >= 0.6 is 0 Å². The smallest absolute Gasteiger partial charge is 0.407 e. The average molecular weight is 849 g/mol. The quantitative estimate of drug-likeness (QED) is 0.144. The van der Waals surface area contributed by atoms with Crippen molar-refractivity contribution in [2.75, 3.05) is 20.8 Å². The summed E-state index contributed by atoms with van der Waals surface area (Å²) in [5.41, 5.74) is 1.19. The summed E-state index contributed by atoms with van der Waals surface area (Å²) < 4.78 is 43.4. The molecule has 320 valence electrons. The molecule has 1 N–H and O–H groups in total. The molecule has 0 radical (unpaired) electrons. The third kappa shape index (κ3) is 9.21. The van der Waals surface area contributed by atoms with E-state index in [0.29, 0.717) is 29.4 Å². The fraction of sp³-hybridized carbons (Fsp3) is 0.718. The van der Waals surface area contributed by atoms with Crippen molar-refractivity contribution in [3.05, 3.63) is 34.1 Å². The largest absolute Gasteiger partial charge is 0.467 e. The number of carbonyl (C=O) groups excluding carboxylic acids is 2. The minimum Gasteiger partial charge on any atom is -0.467 e. The first kappa shape index (κ1) is 46.5. The Morgan fingerprint density at radius 2 is 1.44 bits per heavy atom. The number of alkyl carbamates (subject to hydrolysis) is 1. The molecule has 0 spiro atoms. The maximum Gasteiger partial charge on any atom is 0.407 e. The van der Waals surface area contributed by atoms with E-state index < -0.39 is 73.2 Å². The number of methoxy groups -OCH3 is 2. The van der Waals surface area contributed by atoms with Crippen LogP contribution in [0, 0.1) is 6.92 Å². The molecule has 3 aromatic rings. The van der Waals surface area contributed by atoms with E-state index in [1.54, 1.807) is 19.3 Å². The average Bonchev–Trinajstić information content (AvgIpc) is 3.76. The molecule has 4 rings (SSSR count). The minimum absolute atomic E-state index is 0.0174. The zero-order chi connectivity index (χ0) is 43.4. The molecule has 0 bridgehead atoms. The topological polar surface area (TPSA) is 159 Å². The number of esters is 1. The number of carbonyl (C=O) groups is 2. The van der Waals surface area contributed by atoms with Gasteiger partial charge in [-0.15, -0.1) is 0 Å². The van der Waals surface area contributed by atoms with Gasteiger partial charge in [0.05, 0.1) is 38.5 Å². The van der Waals surface area contributed by atoms with Crippen molar-refractivity contribution in [3.63, 3.8) is 0 Å². The predicted octanol–water partition coefficient (Wildman–Crippen LogP) is 7.30. The minimum atomic E-state index is -2.46. The highest BCUT2D eigenvalue weighted by molar-refractivity contribution is 6.75. The summed E-state index contributed by atoms with van der Waals surface area (Å²) in [5, 5.41) is 2.20. The molecule has 0 aliphatic carbocycles. The summed E-state index contributed by atoms with van der Waals surface area (Å²) in [6.45, 7) is 35.5. The van der Waals surface area contributed by atoms with E-state index in [1.165, 1.54) is 24.7 Å². The van der Waals surface area contributed by atoms with Crippen LogP contribution in [0.2, 0.25) is 54.4 Å². The van der Waals surface area contributed by atoms with Crippen molar-refractivity contribution in [3.8, 4) is 0 Å². The van der Waals surface area contributed by atoms with E-state index in [9.17, 15) is 14.4 Å². The highest BCUT2D eigenvalue weighted by Crippen LogP contribution is 2.47. The van der Waals surface area contributed by atoms with Crippen LogP contribution in [0.1, 0.15) is 79.9 Å². The van der Waals surface area contributed by atoms with E-state index in [4.69, 9.17) is 32.7 Å². The first-order chi connectivity index (χ1) is 25.9. The first-order valence-electron chi connectivity index (χ1n) is 19.6. The molecule has 0 unspecified atom stereocenters. The molecule has 1 amide bonds. The Morgan fingerprint density at radius 3 is 1.95 bits per heavy atom. The molecule has 18 heteroatoms. The fourth-order valence-electron chi connectivity index (χ4n) is 5.93. The van der Waals surface area contributed by atoms with E-state index in [0.717, 1.165) is 0 Å². The van der Waals surface area contributed by atoms with Crippen molar-refractivity contribution < 1.29 is 37.1 Å². The number of imidazole rings is 2. The second-order valence-corrected chi connectivity index (χ2v) is 34.0. The molecule has 1 aliphatic rings. The van der Waals surface area contributed by atoms with Gasteiger partial charge >= 0.3 is 12.1 Å². The van der Waals surface area contributed by atoms with Gasteiger partial charge in [0.2, 0.25) is 5.78 Å². The van der Waals surface area contributed by atoms with Gasteiger partial charge in [0.1, 0.15) is 24.4 Å². The van der Waals surface area contributed by atoms with Gasteiger partial charge < -0.3 is 32.8 Å². The lowest BCUT2D eigenvalue weighted by Crippen LogP contribution is -2.54. The van der Waals surface area contributed by atoms with Crippen molar-refractivity contribution in [1.29, 1.82) is 0 Å². The molecule has 3 aromatic heterocycles. The second kappa shape index (κ2) is 16.1. The van der Waals surface area contributed by atoms with Crippen molar-refractivity contribution >= 4 is 60.0 Å². The van der Waals surface area contributed by atoms with Gasteiger partial charge in [-0.05, 0) is 73.5 Å². The van der Waals surface area contributed by atoms with Crippen LogP contribution in [-0.2, 0) is 39.3 Å². The molecule has 5 atom stereocenters. The Labute approximate surface area is 341 Å². The van der Waals surface area contributed by atoms with Crippen LogP contribution in [0.5, 0.6) is 0 Å². The summed E-state index contributed by atoms with van der Waals surface area (Å²) in [4.78, 5) is 48.4. The van der Waals surface area contributed by atoms with Crippen LogP contribution < -0.4 is 10.9 Å². The number of fused-ring (bicyclic) bond motifs is 2. The van der Waals surface area contributed by atoms with Crippen LogP contribution in [0.15, 0.2) is 17.2 Å². The summed E-state index contributed by atoms with van der Waals surface area (Å²) in [7, 11) is -2.83. The van der Waals surface area contributed by atoms with Gasteiger partial charge in [-0.1, -0.05) is 62.3 Å². The number of hydrogen-bond donors (Lipinski definition) is 1. The molecule has 4 heterocycles. The first-order valence-corrected chi connectivity index (χ1v) is 28.3. The van der Waals surface area contributed by atoms with E-state index in [1.807, 2.05) is 16.2 Å². The van der Waals surface area contributed by atoms with Crippen molar-refractivity contribution in [1.82, 2.24) is 28.8 Å². The Balaban J connectivity index is 1.94. The molecule has 57 heavy (non-hydrogen) atoms. The number of aromatic nitrogens is 5. The Kier molecular flexibility index (Phi) is 13.2. The number of nitrogens with one attached hydrogen (secondary N) is 1. The Morgan fingerprint density at radius 1 is 0.895 bits per heavy atom. The number of aryl methyl sites for hydroxylation is 2. The second-order valence-electron chi connectivity index (χ2n) is 19.7. The molecule has 1 aliphatic heterocycles. The summed E-state index contributed by atoms with van der Waals surface area (Å²) in [5.74, 6) is -0.374. The molecule has 15 nitrogen and oxygen atoms in total. The number of ether oxygens (including phenoxy) is 3. The third-order valence-corrected chi connectivity index (χ3v) is 26.1. The van der Waals surface area contributed by atoms with E-state index >= 15 is 0 Å². The zero-order valence-corrected chi connectivity index (χ0v) is 40.7. The highest BCUT2D eigenvalue weighted by atomic mass is 28.4. The lowest BCUT2D eigenvalue weighted by molar-refractivity contribution is -0.141.